The Morgan fingerprint density at radius 1 is 1.44 bits per heavy atom. The van der Waals surface area contributed by atoms with Crippen molar-refractivity contribution < 1.29 is 17.6 Å². The summed E-state index contributed by atoms with van der Waals surface area (Å²) < 4.78 is 34.7. The van der Waals surface area contributed by atoms with Gasteiger partial charge in [0, 0.05) is 5.75 Å². The molecule has 16 heavy (non-hydrogen) atoms. The fraction of sp³-hybridized carbons (Fsp3) is 0.300. The zero-order valence-electron chi connectivity index (χ0n) is 8.48. The maximum absolute atomic E-state index is 13.3. The molecule has 0 N–H and O–H groups in total. The predicted molar refractivity (Wildman–Crippen MR) is 62.9 cm³/mol. The summed E-state index contributed by atoms with van der Waals surface area (Å²) in [4.78, 5) is 11.7. The van der Waals surface area contributed by atoms with E-state index in [2.05, 4.69) is 15.9 Å². The van der Waals surface area contributed by atoms with Crippen LogP contribution in [0.25, 0.3) is 0 Å². The van der Waals surface area contributed by atoms with Gasteiger partial charge < -0.3 is 0 Å². The molecule has 0 aromatic heterocycles. The van der Waals surface area contributed by atoms with Crippen molar-refractivity contribution >= 4 is 31.6 Å². The Morgan fingerprint density at radius 3 is 2.50 bits per heavy atom. The second-order valence-electron chi connectivity index (χ2n) is 3.11. The fourth-order valence-corrected chi connectivity index (χ4v) is 2.88. The first-order valence-electron chi connectivity index (χ1n) is 4.54. The van der Waals surface area contributed by atoms with Crippen molar-refractivity contribution in [2.45, 2.75) is 11.1 Å². The van der Waals surface area contributed by atoms with E-state index in [0.717, 1.165) is 6.07 Å². The number of carbonyl (C=O) groups excluding carboxylic acids is 1. The Balaban J connectivity index is 3.10. The SMILES string of the molecule is CCS(=O)(=O)C(Br)C(=O)c1ccccc1F. The van der Waals surface area contributed by atoms with Gasteiger partial charge in [-0.25, -0.2) is 12.8 Å². The van der Waals surface area contributed by atoms with E-state index in [1.165, 1.54) is 25.1 Å². The number of hydrogen-bond donors (Lipinski definition) is 0. The van der Waals surface area contributed by atoms with Crippen LogP contribution in [0.1, 0.15) is 17.3 Å². The summed E-state index contributed by atoms with van der Waals surface area (Å²) in [6.07, 6.45) is 0. The van der Waals surface area contributed by atoms with Crippen molar-refractivity contribution in [2.24, 2.45) is 0 Å². The smallest absolute Gasteiger partial charge is 0.194 e. The van der Waals surface area contributed by atoms with E-state index in [4.69, 9.17) is 0 Å². The second kappa shape index (κ2) is 5.05. The molecule has 0 saturated heterocycles. The molecule has 6 heteroatoms. The van der Waals surface area contributed by atoms with Crippen molar-refractivity contribution in [3.63, 3.8) is 0 Å². The Kier molecular flexibility index (Phi) is 4.21. The van der Waals surface area contributed by atoms with Crippen molar-refractivity contribution in [1.29, 1.82) is 0 Å². The summed E-state index contributed by atoms with van der Waals surface area (Å²) >= 11 is 2.79. The molecule has 88 valence electrons. The van der Waals surface area contributed by atoms with Crippen LogP contribution in [0, 0.1) is 5.82 Å². The largest absolute Gasteiger partial charge is 0.292 e. The lowest BCUT2D eigenvalue weighted by atomic mass is 10.1. The van der Waals surface area contributed by atoms with Crippen LogP contribution in [0.2, 0.25) is 0 Å². The molecule has 0 amide bonds. The lowest BCUT2D eigenvalue weighted by molar-refractivity contribution is 0.101. The second-order valence-corrected chi connectivity index (χ2v) is 7.01. The number of ketones is 1. The van der Waals surface area contributed by atoms with Gasteiger partial charge in [-0.2, -0.15) is 0 Å². The average Bonchev–Trinajstić information content (AvgIpc) is 2.27. The number of sulfone groups is 1. The Morgan fingerprint density at radius 2 is 2.00 bits per heavy atom. The first-order valence-corrected chi connectivity index (χ1v) is 7.17. The topological polar surface area (TPSA) is 51.2 Å². The van der Waals surface area contributed by atoms with Crippen molar-refractivity contribution in [2.75, 3.05) is 5.75 Å². The highest BCUT2D eigenvalue weighted by atomic mass is 79.9. The summed E-state index contributed by atoms with van der Waals surface area (Å²) in [7, 11) is -3.56. The normalized spacial score (nSPS) is 13.4. The molecule has 1 aromatic rings. The Hall–Kier alpha value is -0.750. The highest BCUT2D eigenvalue weighted by molar-refractivity contribution is 9.11. The molecule has 0 aliphatic heterocycles. The van der Waals surface area contributed by atoms with E-state index in [0.29, 0.717) is 0 Å². The minimum Gasteiger partial charge on any atom is -0.292 e. The number of carbonyl (C=O) groups is 1. The van der Waals surface area contributed by atoms with Gasteiger partial charge in [0.2, 0.25) is 0 Å². The number of rotatable bonds is 4. The summed E-state index contributed by atoms with van der Waals surface area (Å²) in [5.74, 6) is -1.67. The molecule has 0 spiro atoms. The standard InChI is InChI=1S/C10H10BrFO3S/c1-2-16(14,15)10(11)9(13)7-5-3-4-6-8(7)12/h3-6,10H,2H2,1H3. The molecule has 1 rings (SSSR count). The first kappa shape index (κ1) is 13.3. The quantitative estimate of drug-likeness (QED) is 0.632. The maximum Gasteiger partial charge on any atom is 0.194 e. The van der Waals surface area contributed by atoms with Crippen LogP contribution in [-0.2, 0) is 9.84 Å². The number of halogens is 2. The summed E-state index contributed by atoms with van der Waals surface area (Å²) in [5, 5.41) is 0. The molecule has 0 heterocycles. The summed E-state index contributed by atoms with van der Waals surface area (Å²) in [6, 6.07) is 5.29. The van der Waals surface area contributed by atoms with Gasteiger partial charge in [0.1, 0.15) is 5.82 Å². The number of hydrogen-bond acceptors (Lipinski definition) is 3. The minimum absolute atomic E-state index is 0.177. The molecule has 0 fully saturated rings. The van der Waals surface area contributed by atoms with Gasteiger partial charge in [-0.05, 0) is 12.1 Å². The van der Waals surface area contributed by atoms with Gasteiger partial charge in [-0.15, -0.1) is 0 Å². The zero-order valence-corrected chi connectivity index (χ0v) is 10.9. The minimum atomic E-state index is -3.56. The van der Waals surface area contributed by atoms with E-state index in [9.17, 15) is 17.6 Å². The first-order chi connectivity index (χ1) is 7.40. The molecule has 0 bridgehead atoms. The summed E-state index contributed by atoms with van der Waals surface area (Å²) in [5.41, 5.74) is -0.221. The van der Waals surface area contributed by atoms with Gasteiger partial charge in [-0.3, -0.25) is 4.79 Å². The average molecular weight is 309 g/mol. The van der Waals surface area contributed by atoms with Gasteiger partial charge in [0.15, 0.2) is 19.8 Å². The van der Waals surface area contributed by atoms with Gasteiger partial charge >= 0.3 is 0 Å². The lowest BCUT2D eigenvalue weighted by Crippen LogP contribution is -2.26. The van der Waals surface area contributed by atoms with E-state index < -0.39 is 25.6 Å². The van der Waals surface area contributed by atoms with Gasteiger partial charge in [0.25, 0.3) is 0 Å². The molecule has 0 saturated carbocycles. The molecule has 0 aliphatic rings. The molecule has 3 nitrogen and oxygen atoms in total. The van der Waals surface area contributed by atoms with Crippen molar-refractivity contribution in [1.82, 2.24) is 0 Å². The highest BCUT2D eigenvalue weighted by Gasteiger charge is 2.30. The predicted octanol–water partition coefficient (Wildman–Crippen LogP) is 2.16. The number of alkyl halides is 1. The fourth-order valence-electron chi connectivity index (χ4n) is 1.09. The maximum atomic E-state index is 13.3. The van der Waals surface area contributed by atoms with Crippen LogP contribution in [0.15, 0.2) is 24.3 Å². The number of Topliss-reactive ketones (excluding diaryl/α,β-unsaturated/α-hetero) is 1. The van der Waals surface area contributed by atoms with Crippen molar-refractivity contribution in [3.05, 3.63) is 35.6 Å². The third-order valence-corrected chi connectivity index (χ3v) is 5.84. The van der Waals surface area contributed by atoms with E-state index in [1.54, 1.807) is 0 Å². The van der Waals surface area contributed by atoms with Gasteiger partial charge in [0.05, 0.1) is 5.56 Å². The van der Waals surface area contributed by atoms with Crippen LogP contribution in [0.5, 0.6) is 0 Å². The van der Waals surface area contributed by atoms with Crippen LogP contribution < -0.4 is 0 Å². The molecule has 1 unspecified atom stereocenters. The molecule has 0 radical (unpaired) electrons. The van der Waals surface area contributed by atoms with E-state index in [-0.39, 0.29) is 11.3 Å². The molecule has 1 atom stereocenters. The van der Waals surface area contributed by atoms with Crippen LogP contribution in [-0.4, -0.2) is 24.1 Å². The van der Waals surface area contributed by atoms with E-state index in [1.807, 2.05) is 0 Å². The summed E-state index contributed by atoms with van der Waals surface area (Å²) in [6.45, 7) is 1.43. The van der Waals surface area contributed by atoms with Gasteiger partial charge in [-0.1, -0.05) is 35.0 Å². The monoisotopic (exact) mass is 308 g/mol. The van der Waals surface area contributed by atoms with Crippen LogP contribution in [0.4, 0.5) is 4.39 Å². The highest BCUT2D eigenvalue weighted by Crippen LogP contribution is 2.18. The Bertz CT molecular complexity index is 499. The third kappa shape index (κ3) is 2.68. The van der Waals surface area contributed by atoms with Crippen LogP contribution in [0.3, 0.4) is 0 Å². The zero-order chi connectivity index (χ0) is 12.3. The molecular weight excluding hydrogens is 299 g/mol. The third-order valence-electron chi connectivity index (χ3n) is 2.06. The van der Waals surface area contributed by atoms with Crippen molar-refractivity contribution in [3.8, 4) is 0 Å². The lowest BCUT2D eigenvalue weighted by Gasteiger charge is -2.09. The molecule has 1 aromatic carbocycles. The van der Waals surface area contributed by atoms with E-state index >= 15 is 0 Å². The Labute approximate surface area is 102 Å². The van der Waals surface area contributed by atoms with Crippen LogP contribution >= 0.6 is 15.9 Å². The molecule has 0 aliphatic carbocycles. The number of benzene rings is 1. The molecular formula is C10H10BrFO3S.